The van der Waals surface area contributed by atoms with E-state index in [-0.39, 0.29) is 16.7 Å². The van der Waals surface area contributed by atoms with Crippen molar-refractivity contribution < 1.29 is 72.2 Å². The molecule has 1 amide bonds. The van der Waals surface area contributed by atoms with E-state index in [0.717, 1.165) is 13.8 Å². The number of hydrogen-bond acceptors (Lipinski definition) is 15. The van der Waals surface area contributed by atoms with Gasteiger partial charge in [-0.25, -0.2) is 9.59 Å². The fourth-order valence-corrected chi connectivity index (χ4v) is 14.4. The van der Waals surface area contributed by atoms with Gasteiger partial charge < -0.3 is 48.7 Å². The molecular weight excluding hydrogens is 919 g/mol. The molecular formula is C53H65NO15Si. The van der Waals surface area contributed by atoms with Crippen molar-refractivity contribution in [3.8, 4) is 0 Å². The van der Waals surface area contributed by atoms with Gasteiger partial charge in [0.15, 0.2) is 31.9 Å². The summed E-state index contributed by atoms with van der Waals surface area (Å²) in [5, 5.41) is 41.0. The average molecular weight is 984 g/mol. The number of carbonyl (C=O) groups excluding carboxylic acids is 6. The van der Waals surface area contributed by atoms with E-state index in [2.05, 4.69) is 5.32 Å². The molecule has 3 aliphatic carbocycles. The summed E-state index contributed by atoms with van der Waals surface area (Å²) in [6.07, 6.45) is -12.7. The molecule has 0 spiro atoms. The average Bonchev–Trinajstić information content (AvgIpc) is 3.33. The summed E-state index contributed by atoms with van der Waals surface area (Å²) in [6.45, 7) is 13.7. The number of ether oxygens (including phenoxy) is 5. The monoisotopic (exact) mass is 983 g/mol. The highest BCUT2D eigenvalue weighted by molar-refractivity contribution is 6.73. The van der Waals surface area contributed by atoms with Crippen molar-refractivity contribution in [2.45, 2.75) is 147 Å². The number of fused-ring (bicyclic) bond motifs is 5. The van der Waals surface area contributed by atoms with Crippen LogP contribution in [-0.2, 0) is 47.3 Å². The summed E-state index contributed by atoms with van der Waals surface area (Å²) in [6, 6.07) is 25.9. The quantitative estimate of drug-likeness (QED) is 0.0616. The molecule has 16 nitrogen and oxygen atoms in total. The van der Waals surface area contributed by atoms with Crippen molar-refractivity contribution in [3.05, 3.63) is 119 Å². The van der Waals surface area contributed by atoms with Crippen LogP contribution in [0.4, 0.5) is 0 Å². The first-order valence-electron chi connectivity index (χ1n) is 23.9. The highest BCUT2D eigenvalue weighted by Gasteiger charge is 2.80. The Hall–Kier alpha value is -5.56. The molecule has 1 aliphatic heterocycles. The fourth-order valence-electron chi connectivity index (χ4n) is 11.7. The van der Waals surface area contributed by atoms with Crippen LogP contribution in [0.5, 0.6) is 0 Å². The van der Waals surface area contributed by atoms with E-state index >= 15 is 9.59 Å². The highest BCUT2D eigenvalue weighted by Crippen LogP contribution is 2.64. The van der Waals surface area contributed by atoms with Crippen molar-refractivity contribution in [2.75, 3.05) is 6.61 Å². The second-order valence-corrected chi connectivity index (χ2v) is 24.5. The van der Waals surface area contributed by atoms with Gasteiger partial charge in [0.1, 0.15) is 30.0 Å². The van der Waals surface area contributed by atoms with Crippen LogP contribution in [-0.4, -0.2) is 120 Å². The summed E-state index contributed by atoms with van der Waals surface area (Å²) >= 11 is 0. The zero-order valence-corrected chi connectivity index (χ0v) is 42.1. The number of hydrogen-bond donors (Lipinski definition) is 4. The van der Waals surface area contributed by atoms with Crippen LogP contribution in [0.25, 0.3) is 0 Å². The number of carbonyl (C=O) groups is 6. The van der Waals surface area contributed by atoms with Crippen molar-refractivity contribution >= 4 is 43.9 Å². The Bertz CT molecular complexity index is 2490. The molecule has 1 saturated heterocycles. The van der Waals surface area contributed by atoms with Crippen molar-refractivity contribution in [1.82, 2.24) is 5.32 Å². The molecule has 3 aromatic rings. The van der Waals surface area contributed by atoms with Gasteiger partial charge in [-0.05, 0) is 73.0 Å². The van der Waals surface area contributed by atoms with Gasteiger partial charge >= 0.3 is 23.9 Å². The van der Waals surface area contributed by atoms with Crippen LogP contribution in [0, 0.1) is 16.7 Å². The van der Waals surface area contributed by atoms with E-state index in [4.69, 9.17) is 28.1 Å². The lowest BCUT2D eigenvalue weighted by Gasteiger charge is -2.68. The largest absolute Gasteiger partial charge is 0.456 e. The predicted molar refractivity (Wildman–Crippen MR) is 255 cm³/mol. The highest BCUT2D eigenvalue weighted by atomic mass is 28.4. The van der Waals surface area contributed by atoms with Crippen molar-refractivity contribution in [3.63, 3.8) is 0 Å². The maximum Gasteiger partial charge on any atom is 0.338 e. The molecule has 2 unspecified atom stereocenters. The minimum Gasteiger partial charge on any atom is -0.456 e. The molecule has 2 saturated carbocycles. The normalized spacial score (nSPS) is 30.9. The van der Waals surface area contributed by atoms with Crippen LogP contribution in [0.2, 0.25) is 18.1 Å². The molecule has 3 aromatic carbocycles. The Morgan fingerprint density at radius 1 is 0.800 bits per heavy atom. The Morgan fingerprint density at radius 3 is 1.87 bits per heavy atom. The molecule has 0 aromatic heterocycles. The molecule has 0 radical (unpaired) electrons. The van der Waals surface area contributed by atoms with Gasteiger partial charge in [0, 0.05) is 31.2 Å². The number of aliphatic hydroxyl groups excluding tert-OH is 2. The van der Waals surface area contributed by atoms with E-state index in [1.807, 2.05) is 20.8 Å². The summed E-state index contributed by atoms with van der Waals surface area (Å²) in [7, 11) is -2.77. The summed E-state index contributed by atoms with van der Waals surface area (Å²) < 4.78 is 38.0. The van der Waals surface area contributed by atoms with E-state index < -0.39 is 134 Å². The maximum absolute atomic E-state index is 15.8. The van der Waals surface area contributed by atoms with Crippen molar-refractivity contribution in [2.24, 2.45) is 16.7 Å². The van der Waals surface area contributed by atoms with Crippen LogP contribution >= 0.6 is 0 Å². The molecule has 376 valence electrons. The summed E-state index contributed by atoms with van der Waals surface area (Å²) in [5.74, 6) is -6.88. The van der Waals surface area contributed by atoms with Gasteiger partial charge in [-0.1, -0.05) is 101 Å². The lowest BCUT2D eigenvalue weighted by atomic mass is 9.44. The van der Waals surface area contributed by atoms with Crippen LogP contribution in [0.3, 0.4) is 0 Å². The zero-order chi connectivity index (χ0) is 51.1. The Labute approximate surface area is 409 Å². The molecule has 2 bridgehead atoms. The van der Waals surface area contributed by atoms with E-state index in [1.54, 1.807) is 99.6 Å². The third-order valence-electron chi connectivity index (χ3n) is 15.8. The van der Waals surface area contributed by atoms with E-state index in [0.29, 0.717) is 29.3 Å². The second kappa shape index (κ2) is 19.9. The fraction of sp³-hybridized carbons (Fsp3) is 0.509. The Balaban J connectivity index is 1.45. The zero-order valence-electron chi connectivity index (χ0n) is 41.1. The molecule has 17 heteroatoms. The van der Waals surface area contributed by atoms with Gasteiger partial charge in [-0.2, -0.15) is 0 Å². The standard InChI is InChI=1S/C53H65NO15Si/c1-10-70(11-2,12-3)69-41(38(33-22-16-13-17-23-33)54-47(60)34-24-18-14-19-25-34)49(62)66-36-28-53(63)46(67-48(61)35-26-20-15-21-27-35)42-51(9,43(58)39(57)45-52(42,29-64-45)68-32(6)56)44(59)40(65-31(5)55)37(30(36)4)50(53,7)8/h13-27,36,38-43,45-46,57-58,63H,10-12,28-29H2,1-9H3,(H,54,60)/t36-,38-,39-,40+,41+,42?,43+,45+,46?,51-,52+,53+/m0/s1. The molecule has 4 N–H and O–H groups in total. The van der Waals surface area contributed by atoms with E-state index in [1.165, 1.54) is 19.1 Å². The lowest BCUT2D eigenvalue weighted by Crippen LogP contribution is -2.85. The minimum absolute atomic E-state index is 0.0243. The number of esters is 4. The van der Waals surface area contributed by atoms with Crippen molar-refractivity contribution in [1.29, 1.82) is 0 Å². The number of amides is 1. The number of Topliss-reactive ketones (excluding diaryl/α,β-unsaturated/α-hetero) is 1. The number of aliphatic hydroxyl groups is 3. The van der Waals surface area contributed by atoms with Gasteiger partial charge in [0.2, 0.25) is 0 Å². The molecule has 1 heterocycles. The topological polar surface area (TPSA) is 231 Å². The first-order chi connectivity index (χ1) is 33.1. The molecule has 4 aliphatic rings. The number of benzene rings is 3. The predicted octanol–water partition coefficient (Wildman–Crippen LogP) is 5.74. The minimum atomic E-state index is -2.77. The molecule has 3 fully saturated rings. The summed E-state index contributed by atoms with van der Waals surface area (Å²) in [5.41, 5.74) is -7.46. The van der Waals surface area contributed by atoms with Gasteiger partial charge in [-0.3, -0.25) is 19.2 Å². The SMILES string of the molecule is CC[Si](CC)(CC)O[C@@H](C(=O)O[C@H]1C[C@@]2(O)C(OC(=O)c3ccccc3)C3[C@](C)(C(=O)[C@H](OC(C)=O)C(=C1C)C2(C)C)[C@H](O)[C@H](O)[C@H]1OC[C@@]31OC(C)=O)[C@@H](NC(=O)c1ccccc1)c1ccccc1. The maximum atomic E-state index is 15.8. The molecule has 7 rings (SSSR count). The third-order valence-corrected chi connectivity index (χ3v) is 20.4. The Morgan fingerprint density at radius 2 is 1.36 bits per heavy atom. The van der Waals surface area contributed by atoms with Crippen LogP contribution < -0.4 is 5.32 Å². The van der Waals surface area contributed by atoms with Crippen LogP contribution in [0.1, 0.15) is 101 Å². The van der Waals surface area contributed by atoms with Gasteiger partial charge in [0.05, 0.1) is 35.6 Å². The summed E-state index contributed by atoms with van der Waals surface area (Å²) in [4.78, 5) is 86.3. The Kier molecular flexibility index (Phi) is 14.9. The van der Waals surface area contributed by atoms with Gasteiger partial charge in [-0.15, -0.1) is 0 Å². The third kappa shape index (κ3) is 8.82. The number of nitrogens with one attached hydrogen (secondary N) is 1. The smallest absolute Gasteiger partial charge is 0.338 e. The second-order valence-electron chi connectivity index (χ2n) is 19.8. The van der Waals surface area contributed by atoms with Gasteiger partial charge in [0.25, 0.3) is 5.91 Å². The first kappa shape index (κ1) is 52.3. The van der Waals surface area contributed by atoms with Crippen LogP contribution in [0.15, 0.2) is 102 Å². The first-order valence-corrected chi connectivity index (χ1v) is 26.5. The molecule has 12 atom stereocenters. The number of rotatable bonds is 15. The van der Waals surface area contributed by atoms with E-state index in [9.17, 15) is 34.5 Å². The molecule has 70 heavy (non-hydrogen) atoms. The lowest BCUT2D eigenvalue weighted by molar-refractivity contribution is -0.369. The number of ketones is 1.